The first kappa shape index (κ1) is 16.8. The number of benzene rings is 2. The summed E-state index contributed by atoms with van der Waals surface area (Å²) in [5.41, 5.74) is 3.48. The zero-order chi connectivity index (χ0) is 18.6. The van der Waals surface area contributed by atoms with Crippen molar-refractivity contribution in [2.24, 2.45) is 0 Å². The Bertz CT molecular complexity index is 1100. The maximum atomic E-state index is 11.8. The van der Waals surface area contributed by atoms with Crippen LogP contribution in [-0.2, 0) is 6.54 Å². The van der Waals surface area contributed by atoms with E-state index in [9.17, 15) is 4.79 Å². The Morgan fingerprint density at radius 2 is 1.74 bits per heavy atom. The van der Waals surface area contributed by atoms with Crippen LogP contribution in [0.2, 0.25) is 0 Å². The molecule has 0 bridgehead atoms. The van der Waals surface area contributed by atoms with Crippen LogP contribution in [0.25, 0.3) is 22.3 Å². The number of Topliss-reactive ketones (excluding diaryl/α,β-unsaturated/α-hetero) is 1. The molecule has 4 aromatic rings. The predicted molar refractivity (Wildman–Crippen MR) is 107 cm³/mol. The Balaban J connectivity index is 1.81. The van der Waals surface area contributed by atoms with Gasteiger partial charge in [-0.25, -0.2) is 9.97 Å². The van der Waals surface area contributed by atoms with Crippen molar-refractivity contribution in [1.82, 2.24) is 15.0 Å². The molecule has 0 aliphatic carbocycles. The van der Waals surface area contributed by atoms with Crippen molar-refractivity contribution < 1.29 is 4.79 Å². The van der Waals surface area contributed by atoms with Gasteiger partial charge in [0.2, 0.25) is 0 Å². The number of rotatable bonds is 5. The van der Waals surface area contributed by atoms with E-state index in [1.807, 2.05) is 42.5 Å². The number of pyridine rings is 1. The first-order chi connectivity index (χ1) is 13.2. The lowest BCUT2D eigenvalue weighted by molar-refractivity contribution is 0.101. The van der Waals surface area contributed by atoms with Crippen LogP contribution < -0.4 is 5.32 Å². The van der Waals surface area contributed by atoms with Gasteiger partial charge in [0, 0.05) is 35.5 Å². The van der Waals surface area contributed by atoms with Crippen LogP contribution in [0, 0.1) is 0 Å². The number of fused-ring (bicyclic) bond motifs is 1. The van der Waals surface area contributed by atoms with E-state index in [0.29, 0.717) is 23.8 Å². The fourth-order valence-electron chi connectivity index (χ4n) is 2.89. The molecule has 0 saturated carbocycles. The molecule has 0 aliphatic heterocycles. The molecule has 0 fully saturated rings. The van der Waals surface area contributed by atoms with Gasteiger partial charge < -0.3 is 5.32 Å². The summed E-state index contributed by atoms with van der Waals surface area (Å²) in [5.74, 6) is 1.35. The van der Waals surface area contributed by atoms with Gasteiger partial charge in [0.15, 0.2) is 11.6 Å². The normalized spacial score (nSPS) is 10.7. The summed E-state index contributed by atoms with van der Waals surface area (Å²) in [5, 5.41) is 4.23. The van der Waals surface area contributed by atoms with Crippen molar-refractivity contribution in [3.05, 3.63) is 84.2 Å². The second-order valence-electron chi connectivity index (χ2n) is 6.26. The highest BCUT2D eigenvalue weighted by Crippen LogP contribution is 2.26. The predicted octanol–water partition coefficient (Wildman–Crippen LogP) is 4.51. The van der Waals surface area contributed by atoms with Gasteiger partial charge in [-0.1, -0.05) is 30.3 Å². The molecule has 2 heterocycles. The second kappa shape index (κ2) is 7.33. The lowest BCUT2D eigenvalue weighted by Crippen LogP contribution is -2.05. The molecule has 0 spiro atoms. The van der Waals surface area contributed by atoms with Crippen molar-refractivity contribution in [1.29, 1.82) is 0 Å². The highest BCUT2D eigenvalue weighted by Gasteiger charge is 2.11. The Labute approximate surface area is 157 Å². The van der Waals surface area contributed by atoms with Crippen LogP contribution in [0.1, 0.15) is 22.8 Å². The topological polar surface area (TPSA) is 67.8 Å². The number of carbonyl (C=O) groups is 1. The molecular weight excluding hydrogens is 336 g/mol. The first-order valence-electron chi connectivity index (χ1n) is 8.71. The fourth-order valence-corrected chi connectivity index (χ4v) is 2.89. The molecule has 0 atom stereocenters. The third-order valence-corrected chi connectivity index (χ3v) is 4.34. The SMILES string of the molecule is CC(=O)c1ccc2nc(-c3ccncc3)nc(NCc3ccccc3)c2c1. The van der Waals surface area contributed by atoms with Gasteiger partial charge in [-0.2, -0.15) is 0 Å². The number of ketones is 1. The quantitative estimate of drug-likeness (QED) is 0.534. The van der Waals surface area contributed by atoms with Crippen molar-refractivity contribution in [3.63, 3.8) is 0 Å². The average Bonchev–Trinajstić information content (AvgIpc) is 2.72. The van der Waals surface area contributed by atoms with Crippen LogP contribution in [0.15, 0.2) is 73.1 Å². The minimum Gasteiger partial charge on any atom is -0.365 e. The van der Waals surface area contributed by atoms with Gasteiger partial charge in [0.05, 0.1) is 5.52 Å². The summed E-state index contributed by atoms with van der Waals surface area (Å²) >= 11 is 0. The minimum atomic E-state index is 0.0177. The van der Waals surface area contributed by atoms with Crippen LogP contribution in [0.3, 0.4) is 0 Å². The van der Waals surface area contributed by atoms with Gasteiger partial charge in [-0.3, -0.25) is 9.78 Å². The van der Waals surface area contributed by atoms with E-state index in [2.05, 4.69) is 27.4 Å². The molecule has 5 nitrogen and oxygen atoms in total. The van der Waals surface area contributed by atoms with Crippen LogP contribution >= 0.6 is 0 Å². The van der Waals surface area contributed by atoms with E-state index in [1.54, 1.807) is 25.4 Å². The van der Waals surface area contributed by atoms with Gasteiger partial charge in [-0.05, 0) is 42.8 Å². The van der Waals surface area contributed by atoms with Crippen LogP contribution in [0.5, 0.6) is 0 Å². The molecule has 0 saturated heterocycles. The number of aromatic nitrogens is 3. The fraction of sp³-hybridized carbons (Fsp3) is 0.0909. The third kappa shape index (κ3) is 3.67. The molecule has 5 heteroatoms. The lowest BCUT2D eigenvalue weighted by Gasteiger charge is -2.12. The van der Waals surface area contributed by atoms with E-state index in [4.69, 9.17) is 4.98 Å². The smallest absolute Gasteiger partial charge is 0.162 e. The molecule has 0 radical (unpaired) electrons. The summed E-state index contributed by atoms with van der Waals surface area (Å²) < 4.78 is 0. The zero-order valence-electron chi connectivity index (χ0n) is 14.9. The number of hydrogen-bond acceptors (Lipinski definition) is 5. The van der Waals surface area contributed by atoms with E-state index in [1.165, 1.54) is 0 Å². The number of anilines is 1. The van der Waals surface area contributed by atoms with E-state index in [0.717, 1.165) is 22.0 Å². The number of nitrogens with one attached hydrogen (secondary N) is 1. The molecule has 0 amide bonds. The van der Waals surface area contributed by atoms with Crippen molar-refractivity contribution in [2.45, 2.75) is 13.5 Å². The highest BCUT2D eigenvalue weighted by molar-refractivity contribution is 6.00. The Morgan fingerprint density at radius 1 is 0.963 bits per heavy atom. The summed E-state index contributed by atoms with van der Waals surface area (Å²) in [6.07, 6.45) is 3.44. The lowest BCUT2D eigenvalue weighted by atomic mass is 10.1. The largest absolute Gasteiger partial charge is 0.365 e. The summed E-state index contributed by atoms with van der Waals surface area (Å²) in [6, 6.07) is 19.4. The molecule has 0 aliphatic rings. The van der Waals surface area contributed by atoms with Crippen LogP contribution in [0.4, 0.5) is 5.82 Å². The van der Waals surface area contributed by atoms with Crippen molar-refractivity contribution >= 4 is 22.5 Å². The summed E-state index contributed by atoms with van der Waals surface area (Å²) in [6.45, 7) is 2.19. The Hall–Kier alpha value is -3.60. The molecule has 2 aromatic heterocycles. The molecule has 0 unspecified atom stereocenters. The minimum absolute atomic E-state index is 0.0177. The molecule has 2 aromatic carbocycles. The van der Waals surface area contributed by atoms with Gasteiger partial charge in [-0.15, -0.1) is 0 Å². The molecular formula is C22H18N4O. The first-order valence-corrected chi connectivity index (χ1v) is 8.71. The molecule has 27 heavy (non-hydrogen) atoms. The van der Waals surface area contributed by atoms with Gasteiger partial charge >= 0.3 is 0 Å². The highest BCUT2D eigenvalue weighted by atomic mass is 16.1. The average molecular weight is 354 g/mol. The van der Waals surface area contributed by atoms with Gasteiger partial charge in [0.25, 0.3) is 0 Å². The van der Waals surface area contributed by atoms with Crippen molar-refractivity contribution in [2.75, 3.05) is 5.32 Å². The standard InChI is InChI=1S/C22H18N4O/c1-15(27)18-7-8-20-19(13-18)22(24-14-16-5-3-2-4-6-16)26-21(25-20)17-9-11-23-12-10-17/h2-13H,14H2,1H3,(H,24,25,26). The van der Waals surface area contributed by atoms with Crippen molar-refractivity contribution in [3.8, 4) is 11.4 Å². The molecule has 132 valence electrons. The Morgan fingerprint density at radius 3 is 2.48 bits per heavy atom. The number of hydrogen-bond donors (Lipinski definition) is 1. The number of nitrogens with zero attached hydrogens (tertiary/aromatic N) is 3. The van der Waals surface area contributed by atoms with Gasteiger partial charge in [0.1, 0.15) is 5.82 Å². The summed E-state index contributed by atoms with van der Waals surface area (Å²) in [4.78, 5) is 25.3. The van der Waals surface area contributed by atoms with E-state index >= 15 is 0 Å². The maximum Gasteiger partial charge on any atom is 0.162 e. The number of carbonyl (C=O) groups excluding carboxylic acids is 1. The molecule has 1 N–H and O–H groups in total. The van der Waals surface area contributed by atoms with E-state index < -0.39 is 0 Å². The summed E-state index contributed by atoms with van der Waals surface area (Å²) in [7, 11) is 0. The van der Waals surface area contributed by atoms with E-state index in [-0.39, 0.29) is 5.78 Å². The third-order valence-electron chi connectivity index (χ3n) is 4.34. The maximum absolute atomic E-state index is 11.8. The zero-order valence-corrected chi connectivity index (χ0v) is 14.9. The second-order valence-corrected chi connectivity index (χ2v) is 6.26. The Kier molecular flexibility index (Phi) is 4.58. The monoisotopic (exact) mass is 354 g/mol. The molecule has 4 rings (SSSR count). The van der Waals surface area contributed by atoms with Crippen LogP contribution in [-0.4, -0.2) is 20.7 Å².